The molecule has 1 saturated heterocycles. The molecule has 7 heteroatoms. The molecule has 27 heavy (non-hydrogen) atoms. The molecule has 1 aliphatic heterocycles. The summed E-state index contributed by atoms with van der Waals surface area (Å²) in [5, 5.41) is 13.8. The minimum atomic E-state index is -1.12. The number of anilines is 2. The molecule has 1 amide bonds. The van der Waals surface area contributed by atoms with Gasteiger partial charge in [0.25, 0.3) is 5.91 Å². The summed E-state index contributed by atoms with van der Waals surface area (Å²) in [5.41, 5.74) is 2.85. The Kier molecular flexibility index (Phi) is 6.26. The van der Waals surface area contributed by atoms with Gasteiger partial charge >= 0.3 is 0 Å². The zero-order chi connectivity index (χ0) is 19.2. The van der Waals surface area contributed by atoms with E-state index in [-0.39, 0.29) is 18.9 Å². The fourth-order valence-electron chi connectivity index (χ4n) is 2.58. The highest BCUT2D eigenvalue weighted by atomic mass is 32.2. The quantitative estimate of drug-likeness (QED) is 0.572. The van der Waals surface area contributed by atoms with E-state index in [2.05, 4.69) is 5.32 Å². The third-order valence-corrected chi connectivity index (χ3v) is 5.28. The van der Waals surface area contributed by atoms with Gasteiger partial charge in [-0.2, -0.15) is 0 Å². The van der Waals surface area contributed by atoms with Crippen LogP contribution in [0.2, 0.25) is 0 Å². The number of thiocarbonyl (C=S) groups is 1. The van der Waals surface area contributed by atoms with E-state index in [1.54, 1.807) is 6.08 Å². The van der Waals surface area contributed by atoms with Crippen LogP contribution < -0.4 is 10.4 Å². The Morgan fingerprint density at radius 1 is 1.11 bits per heavy atom. The fraction of sp³-hybridized carbons (Fsp3) is 0.150. The number of nitrogens with one attached hydrogen (secondary N) is 1. The molecule has 0 saturated carbocycles. The van der Waals surface area contributed by atoms with E-state index in [0.29, 0.717) is 15.6 Å². The molecule has 2 aromatic carbocycles. The number of benzene rings is 2. The van der Waals surface area contributed by atoms with Gasteiger partial charge in [-0.15, -0.1) is 0 Å². The number of carbonyl (C=O) groups is 2. The molecule has 0 aliphatic carbocycles. The molecule has 0 aromatic heterocycles. The van der Waals surface area contributed by atoms with E-state index < -0.39 is 5.97 Å². The molecule has 1 heterocycles. The summed E-state index contributed by atoms with van der Waals surface area (Å²) in [5.74, 6) is -1.31. The van der Waals surface area contributed by atoms with Gasteiger partial charge in [-0.05, 0) is 48.7 Å². The Labute approximate surface area is 167 Å². The lowest BCUT2D eigenvalue weighted by molar-refractivity contribution is -0.305. The number of hydrogen-bond donors (Lipinski definition) is 1. The third-order valence-electron chi connectivity index (χ3n) is 3.91. The van der Waals surface area contributed by atoms with Gasteiger partial charge in [0, 0.05) is 23.9 Å². The predicted molar refractivity (Wildman–Crippen MR) is 110 cm³/mol. The van der Waals surface area contributed by atoms with Crippen molar-refractivity contribution < 1.29 is 14.7 Å². The lowest BCUT2D eigenvalue weighted by Gasteiger charge is -2.14. The fourth-order valence-corrected chi connectivity index (χ4v) is 3.89. The topological polar surface area (TPSA) is 72.5 Å². The van der Waals surface area contributed by atoms with Crippen molar-refractivity contribution in [2.75, 3.05) is 11.9 Å². The van der Waals surface area contributed by atoms with Gasteiger partial charge in [0.05, 0.1) is 4.91 Å². The molecule has 138 valence electrons. The van der Waals surface area contributed by atoms with Crippen LogP contribution in [0.15, 0.2) is 59.5 Å². The minimum Gasteiger partial charge on any atom is -0.550 e. The van der Waals surface area contributed by atoms with E-state index in [1.807, 2.05) is 54.6 Å². The summed E-state index contributed by atoms with van der Waals surface area (Å²) >= 11 is 6.47. The van der Waals surface area contributed by atoms with Crippen LogP contribution in [-0.4, -0.2) is 27.6 Å². The van der Waals surface area contributed by atoms with Crippen LogP contribution in [0.5, 0.6) is 0 Å². The first-order chi connectivity index (χ1) is 13.0. The van der Waals surface area contributed by atoms with E-state index in [0.717, 1.165) is 16.9 Å². The lowest BCUT2D eigenvalue weighted by atomic mass is 10.2. The molecule has 1 N–H and O–H groups in total. The Morgan fingerprint density at radius 2 is 1.78 bits per heavy atom. The zero-order valence-electron chi connectivity index (χ0n) is 14.4. The highest BCUT2D eigenvalue weighted by Crippen LogP contribution is 2.33. The zero-order valence-corrected chi connectivity index (χ0v) is 16.0. The monoisotopic (exact) mass is 397 g/mol. The van der Waals surface area contributed by atoms with Crippen molar-refractivity contribution in [3.8, 4) is 0 Å². The Balaban J connectivity index is 1.65. The van der Waals surface area contributed by atoms with Gasteiger partial charge in [0.15, 0.2) is 0 Å². The first-order valence-corrected chi connectivity index (χ1v) is 9.63. The molecule has 0 atom stereocenters. The summed E-state index contributed by atoms with van der Waals surface area (Å²) < 4.78 is 0.451. The summed E-state index contributed by atoms with van der Waals surface area (Å²) in [6.45, 7) is 0.288. The van der Waals surface area contributed by atoms with Crippen molar-refractivity contribution in [1.82, 2.24) is 4.90 Å². The maximum absolute atomic E-state index is 12.5. The van der Waals surface area contributed by atoms with E-state index in [4.69, 9.17) is 12.2 Å². The summed E-state index contributed by atoms with van der Waals surface area (Å²) in [4.78, 5) is 25.0. The van der Waals surface area contributed by atoms with Crippen molar-refractivity contribution >= 4 is 57.6 Å². The highest BCUT2D eigenvalue weighted by molar-refractivity contribution is 8.26. The number of para-hydroxylation sites is 1. The van der Waals surface area contributed by atoms with E-state index >= 15 is 0 Å². The van der Waals surface area contributed by atoms with E-state index in [9.17, 15) is 14.7 Å². The third kappa shape index (κ3) is 5.18. The second-order valence-corrected chi connectivity index (χ2v) is 7.60. The largest absolute Gasteiger partial charge is 0.550 e. The number of hydrogen-bond acceptors (Lipinski definition) is 6. The second-order valence-electron chi connectivity index (χ2n) is 5.92. The standard InChI is InChI=1S/C20H18N2O3S2/c23-18(24)7-4-12-22-19(25)17(27-20(22)26)13-14-8-10-16(11-9-14)21-15-5-2-1-3-6-15/h1-3,5-6,8-11,13,21H,4,7,12H2,(H,23,24)/p-1/b17-13+. The Bertz CT molecular complexity index is 880. The SMILES string of the molecule is O=C([O-])CCCN1C(=O)/C(=C\c2ccc(Nc3ccccc3)cc2)SC1=S. The van der Waals surface area contributed by atoms with Crippen molar-refractivity contribution in [1.29, 1.82) is 0 Å². The van der Waals surface area contributed by atoms with Gasteiger partial charge in [-0.1, -0.05) is 54.3 Å². The number of aliphatic carboxylic acids is 1. The molecule has 3 rings (SSSR count). The highest BCUT2D eigenvalue weighted by Gasteiger charge is 2.31. The summed E-state index contributed by atoms with van der Waals surface area (Å²) in [7, 11) is 0. The van der Waals surface area contributed by atoms with Gasteiger partial charge in [0.1, 0.15) is 4.32 Å². The van der Waals surface area contributed by atoms with Crippen molar-refractivity contribution in [3.05, 3.63) is 65.1 Å². The first kappa shape index (κ1) is 19.1. The Hall–Kier alpha value is -2.64. The van der Waals surface area contributed by atoms with Gasteiger partial charge in [-0.25, -0.2) is 0 Å². The van der Waals surface area contributed by atoms with Crippen molar-refractivity contribution in [2.45, 2.75) is 12.8 Å². The number of rotatable bonds is 7. The summed E-state index contributed by atoms with van der Waals surface area (Å²) in [6.07, 6.45) is 2.03. The smallest absolute Gasteiger partial charge is 0.266 e. The molecule has 2 aromatic rings. The molecule has 5 nitrogen and oxygen atoms in total. The average Bonchev–Trinajstić information content (AvgIpc) is 2.91. The van der Waals surface area contributed by atoms with Gasteiger partial charge < -0.3 is 15.2 Å². The van der Waals surface area contributed by atoms with Crippen LogP contribution >= 0.6 is 24.0 Å². The van der Waals surface area contributed by atoms with Crippen LogP contribution in [0.25, 0.3) is 6.08 Å². The second kappa shape index (κ2) is 8.83. The number of carboxylic acids is 1. The molecular formula is C20H17N2O3S2-. The van der Waals surface area contributed by atoms with Crippen molar-refractivity contribution in [3.63, 3.8) is 0 Å². The minimum absolute atomic E-state index is 0.0913. The van der Waals surface area contributed by atoms with Gasteiger partial charge in [-0.3, -0.25) is 9.69 Å². The number of nitrogens with zero attached hydrogens (tertiary/aromatic N) is 1. The maximum Gasteiger partial charge on any atom is 0.266 e. The number of thioether (sulfide) groups is 1. The van der Waals surface area contributed by atoms with Crippen LogP contribution in [0.3, 0.4) is 0 Å². The van der Waals surface area contributed by atoms with Crippen molar-refractivity contribution in [2.24, 2.45) is 0 Å². The maximum atomic E-state index is 12.5. The Morgan fingerprint density at radius 3 is 2.44 bits per heavy atom. The number of carbonyl (C=O) groups excluding carboxylic acids is 2. The van der Waals surface area contributed by atoms with Crippen LogP contribution in [0.1, 0.15) is 18.4 Å². The summed E-state index contributed by atoms with van der Waals surface area (Å²) in [6, 6.07) is 17.6. The molecular weight excluding hydrogens is 380 g/mol. The molecule has 0 bridgehead atoms. The average molecular weight is 398 g/mol. The number of amides is 1. The lowest BCUT2D eigenvalue weighted by Crippen LogP contribution is -2.30. The molecule has 1 aliphatic rings. The van der Waals surface area contributed by atoms with E-state index in [1.165, 1.54) is 16.7 Å². The van der Waals surface area contributed by atoms with Gasteiger partial charge in [0.2, 0.25) is 0 Å². The first-order valence-electron chi connectivity index (χ1n) is 8.40. The van der Waals surface area contributed by atoms with Crippen LogP contribution in [0, 0.1) is 0 Å². The molecule has 0 unspecified atom stereocenters. The molecule has 1 fully saturated rings. The van der Waals surface area contributed by atoms with Crippen LogP contribution in [0.4, 0.5) is 11.4 Å². The van der Waals surface area contributed by atoms with Crippen LogP contribution in [-0.2, 0) is 9.59 Å². The molecule has 0 radical (unpaired) electrons. The predicted octanol–water partition coefficient (Wildman–Crippen LogP) is 3.16. The number of carboxylic acid groups (broad SMARTS) is 1. The normalized spacial score (nSPS) is 15.4. The molecule has 0 spiro atoms.